The van der Waals surface area contributed by atoms with Gasteiger partial charge in [-0.15, -0.1) is 0 Å². The van der Waals surface area contributed by atoms with Crippen LogP contribution in [0.15, 0.2) is 18.2 Å². The predicted molar refractivity (Wildman–Crippen MR) is 75.4 cm³/mol. The molecule has 0 aliphatic rings. The number of para-hydroxylation sites is 1. The van der Waals surface area contributed by atoms with Gasteiger partial charge in [-0.1, -0.05) is 17.7 Å². The third-order valence-electron chi connectivity index (χ3n) is 2.41. The number of rotatable bonds is 6. The molecular formula is C13H21ClN2O. The zero-order valence-corrected chi connectivity index (χ0v) is 11.7. The van der Waals surface area contributed by atoms with Crippen molar-refractivity contribution in [3.8, 4) is 0 Å². The van der Waals surface area contributed by atoms with Crippen LogP contribution in [0.2, 0.25) is 5.02 Å². The SMILES string of the molecule is CCOCC(C)Nc1cccc(Cl)c1N(C)C. The number of nitrogens with one attached hydrogen (secondary N) is 1. The largest absolute Gasteiger partial charge is 0.380 e. The summed E-state index contributed by atoms with van der Waals surface area (Å²) in [7, 11) is 3.97. The van der Waals surface area contributed by atoms with Gasteiger partial charge in [-0.3, -0.25) is 0 Å². The van der Waals surface area contributed by atoms with E-state index in [1.165, 1.54) is 0 Å². The molecule has 0 aliphatic heterocycles. The van der Waals surface area contributed by atoms with Crippen LogP contribution in [0.5, 0.6) is 0 Å². The van der Waals surface area contributed by atoms with Gasteiger partial charge in [0.05, 0.1) is 23.0 Å². The Hall–Kier alpha value is -0.930. The first-order valence-corrected chi connectivity index (χ1v) is 6.24. The van der Waals surface area contributed by atoms with E-state index >= 15 is 0 Å². The molecule has 1 aromatic rings. The summed E-state index contributed by atoms with van der Waals surface area (Å²) in [6, 6.07) is 6.14. The lowest BCUT2D eigenvalue weighted by atomic mass is 10.2. The molecule has 3 nitrogen and oxygen atoms in total. The molecule has 0 saturated carbocycles. The van der Waals surface area contributed by atoms with Gasteiger partial charge >= 0.3 is 0 Å². The molecule has 17 heavy (non-hydrogen) atoms. The van der Waals surface area contributed by atoms with E-state index in [0.717, 1.165) is 23.0 Å². The summed E-state index contributed by atoms with van der Waals surface area (Å²) in [5.74, 6) is 0. The lowest BCUT2D eigenvalue weighted by molar-refractivity contribution is 0.141. The summed E-state index contributed by atoms with van der Waals surface area (Å²) in [5.41, 5.74) is 2.05. The second-order valence-electron chi connectivity index (χ2n) is 4.24. The number of hydrogen-bond acceptors (Lipinski definition) is 3. The Morgan fingerprint density at radius 3 is 2.71 bits per heavy atom. The van der Waals surface area contributed by atoms with Crippen molar-refractivity contribution in [1.82, 2.24) is 0 Å². The van der Waals surface area contributed by atoms with Crippen LogP contribution < -0.4 is 10.2 Å². The fourth-order valence-corrected chi connectivity index (χ4v) is 2.03. The van der Waals surface area contributed by atoms with Gasteiger partial charge < -0.3 is 15.0 Å². The van der Waals surface area contributed by atoms with E-state index in [9.17, 15) is 0 Å². The quantitative estimate of drug-likeness (QED) is 0.846. The number of halogens is 1. The third kappa shape index (κ3) is 4.10. The van der Waals surface area contributed by atoms with Crippen molar-refractivity contribution < 1.29 is 4.74 Å². The Morgan fingerprint density at radius 1 is 1.41 bits per heavy atom. The minimum Gasteiger partial charge on any atom is -0.380 e. The average molecular weight is 257 g/mol. The van der Waals surface area contributed by atoms with Crippen LogP contribution in [0.4, 0.5) is 11.4 Å². The highest BCUT2D eigenvalue weighted by Crippen LogP contribution is 2.32. The minimum absolute atomic E-state index is 0.257. The van der Waals surface area contributed by atoms with Crippen molar-refractivity contribution in [2.75, 3.05) is 37.5 Å². The Morgan fingerprint density at radius 2 is 2.12 bits per heavy atom. The molecule has 0 saturated heterocycles. The highest BCUT2D eigenvalue weighted by atomic mass is 35.5. The molecule has 1 atom stereocenters. The minimum atomic E-state index is 0.257. The Balaban J connectivity index is 2.79. The van der Waals surface area contributed by atoms with Gasteiger partial charge in [-0.25, -0.2) is 0 Å². The highest BCUT2D eigenvalue weighted by Gasteiger charge is 2.11. The van der Waals surface area contributed by atoms with Crippen molar-refractivity contribution in [3.05, 3.63) is 23.2 Å². The Bertz CT molecular complexity index is 355. The van der Waals surface area contributed by atoms with Crippen molar-refractivity contribution in [2.24, 2.45) is 0 Å². The van der Waals surface area contributed by atoms with Crippen LogP contribution in [-0.2, 0) is 4.74 Å². The summed E-state index contributed by atoms with van der Waals surface area (Å²) >= 11 is 6.20. The molecule has 0 spiro atoms. The Kier molecular flexibility index (Phi) is 5.59. The van der Waals surface area contributed by atoms with E-state index in [4.69, 9.17) is 16.3 Å². The van der Waals surface area contributed by atoms with Gasteiger partial charge in [0.1, 0.15) is 0 Å². The molecule has 0 amide bonds. The molecule has 96 valence electrons. The zero-order chi connectivity index (χ0) is 12.8. The lowest BCUT2D eigenvalue weighted by Crippen LogP contribution is -2.23. The first kappa shape index (κ1) is 14.1. The van der Waals surface area contributed by atoms with E-state index in [1.807, 2.05) is 44.1 Å². The van der Waals surface area contributed by atoms with Gasteiger partial charge in [-0.2, -0.15) is 0 Å². The van der Waals surface area contributed by atoms with Crippen molar-refractivity contribution >= 4 is 23.0 Å². The van der Waals surface area contributed by atoms with Gasteiger partial charge in [-0.05, 0) is 26.0 Å². The molecule has 0 radical (unpaired) electrons. The summed E-state index contributed by atoms with van der Waals surface area (Å²) in [6.07, 6.45) is 0. The Labute approximate surface area is 109 Å². The maximum Gasteiger partial charge on any atom is 0.0786 e. The first-order valence-electron chi connectivity index (χ1n) is 5.86. The number of hydrogen-bond donors (Lipinski definition) is 1. The second-order valence-corrected chi connectivity index (χ2v) is 4.64. The number of benzene rings is 1. The lowest BCUT2D eigenvalue weighted by Gasteiger charge is -2.22. The molecule has 0 bridgehead atoms. The van der Waals surface area contributed by atoms with Crippen molar-refractivity contribution in [2.45, 2.75) is 19.9 Å². The number of anilines is 2. The van der Waals surface area contributed by atoms with Crippen LogP contribution in [0.25, 0.3) is 0 Å². The van der Waals surface area contributed by atoms with Gasteiger partial charge in [0.15, 0.2) is 0 Å². The molecular weight excluding hydrogens is 236 g/mol. The summed E-state index contributed by atoms with van der Waals surface area (Å²) in [6.45, 7) is 5.52. The van der Waals surface area contributed by atoms with E-state index < -0.39 is 0 Å². The molecule has 1 aromatic carbocycles. The van der Waals surface area contributed by atoms with Crippen LogP contribution in [0.3, 0.4) is 0 Å². The molecule has 1 N–H and O–H groups in total. The van der Waals surface area contributed by atoms with Crippen LogP contribution in [-0.4, -0.2) is 33.4 Å². The monoisotopic (exact) mass is 256 g/mol. The molecule has 4 heteroatoms. The fourth-order valence-electron chi connectivity index (χ4n) is 1.69. The van der Waals surface area contributed by atoms with E-state index in [-0.39, 0.29) is 6.04 Å². The summed E-state index contributed by atoms with van der Waals surface area (Å²) in [4.78, 5) is 2.01. The van der Waals surface area contributed by atoms with Gasteiger partial charge in [0, 0.05) is 26.7 Å². The topological polar surface area (TPSA) is 24.5 Å². The predicted octanol–water partition coefficient (Wildman–Crippen LogP) is 3.24. The number of nitrogens with zero attached hydrogens (tertiary/aromatic N) is 1. The second kappa shape index (κ2) is 6.72. The van der Waals surface area contributed by atoms with E-state index in [1.54, 1.807) is 0 Å². The smallest absolute Gasteiger partial charge is 0.0786 e. The molecule has 1 rings (SSSR count). The fraction of sp³-hybridized carbons (Fsp3) is 0.538. The van der Waals surface area contributed by atoms with Gasteiger partial charge in [0.25, 0.3) is 0 Å². The molecule has 0 aromatic heterocycles. The first-order chi connectivity index (χ1) is 8.06. The molecule has 1 unspecified atom stereocenters. The van der Waals surface area contributed by atoms with Crippen LogP contribution >= 0.6 is 11.6 Å². The van der Waals surface area contributed by atoms with Crippen molar-refractivity contribution in [1.29, 1.82) is 0 Å². The van der Waals surface area contributed by atoms with Crippen molar-refractivity contribution in [3.63, 3.8) is 0 Å². The highest BCUT2D eigenvalue weighted by molar-refractivity contribution is 6.34. The molecule has 0 aliphatic carbocycles. The van der Waals surface area contributed by atoms with Crippen LogP contribution in [0, 0.1) is 0 Å². The third-order valence-corrected chi connectivity index (χ3v) is 2.71. The normalized spacial score (nSPS) is 12.3. The zero-order valence-electron chi connectivity index (χ0n) is 11.0. The number of ether oxygens (including phenoxy) is 1. The summed E-state index contributed by atoms with van der Waals surface area (Å²) in [5, 5.41) is 4.17. The van der Waals surface area contributed by atoms with E-state index in [2.05, 4.69) is 12.2 Å². The maximum atomic E-state index is 6.20. The average Bonchev–Trinajstić information content (AvgIpc) is 2.25. The van der Waals surface area contributed by atoms with Crippen LogP contribution in [0.1, 0.15) is 13.8 Å². The molecule has 0 heterocycles. The summed E-state index contributed by atoms with van der Waals surface area (Å²) < 4.78 is 5.39. The van der Waals surface area contributed by atoms with Gasteiger partial charge in [0.2, 0.25) is 0 Å². The molecule has 0 fully saturated rings. The van der Waals surface area contributed by atoms with E-state index in [0.29, 0.717) is 6.61 Å². The standard InChI is InChI=1S/C13H21ClN2O/c1-5-17-9-10(2)15-12-8-6-7-11(14)13(12)16(3)4/h6-8,10,15H,5,9H2,1-4H3. The maximum absolute atomic E-state index is 6.20.